The van der Waals surface area contributed by atoms with Gasteiger partial charge in [-0.05, 0) is 43.0 Å². The molecular formula is C21H27N3O4. The van der Waals surface area contributed by atoms with E-state index in [0.29, 0.717) is 30.5 Å². The number of urea groups is 1. The highest BCUT2D eigenvalue weighted by Gasteiger charge is 2.51. The molecule has 1 spiro atoms. The SMILES string of the molecule is CC(C)CC(=O)Nc1ccc(C(=O)CN2C(=O)NC3(CCCCC3)C2=O)cc1. The van der Waals surface area contributed by atoms with Gasteiger partial charge in [0.25, 0.3) is 5.91 Å². The van der Waals surface area contributed by atoms with Crippen molar-refractivity contribution < 1.29 is 19.2 Å². The zero-order valence-electron chi connectivity index (χ0n) is 16.4. The first-order valence-corrected chi connectivity index (χ1v) is 9.88. The Morgan fingerprint density at radius 3 is 2.36 bits per heavy atom. The predicted molar refractivity (Wildman–Crippen MR) is 105 cm³/mol. The topological polar surface area (TPSA) is 95.6 Å². The molecule has 1 heterocycles. The van der Waals surface area contributed by atoms with Gasteiger partial charge in [-0.1, -0.05) is 33.1 Å². The van der Waals surface area contributed by atoms with Crippen LogP contribution >= 0.6 is 0 Å². The molecule has 3 rings (SSSR count). The lowest BCUT2D eigenvalue weighted by Gasteiger charge is -2.30. The van der Waals surface area contributed by atoms with Crippen LogP contribution in [0.25, 0.3) is 0 Å². The number of carbonyl (C=O) groups excluding carboxylic acids is 4. The van der Waals surface area contributed by atoms with Gasteiger partial charge in [-0.15, -0.1) is 0 Å². The van der Waals surface area contributed by atoms with Gasteiger partial charge in [-0.2, -0.15) is 0 Å². The fraction of sp³-hybridized carbons (Fsp3) is 0.524. The summed E-state index contributed by atoms with van der Waals surface area (Å²) in [5.41, 5.74) is 0.186. The van der Waals surface area contributed by atoms with Crippen molar-refractivity contribution in [3.05, 3.63) is 29.8 Å². The summed E-state index contributed by atoms with van der Waals surface area (Å²) in [5.74, 6) is -0.414. The van der Waals surface area contributed by atoms with Gasteiger partial charge < -0.3 is 10.6 Å². The van der Waals surface area contributed by atoms with Gasteiger partial charge >= 0.3 is 6.03 Å². The van der Waals surface area contributed by atoms with Crippen LogP contribution in [0.5, 0.6) is 0 Å². The minimum atomic E-state index is -0.819. The van der Waals surface area contributed by atoms with Crippen molar-refractivity contribution in [1.82, 2.24) is 10.2 Å². The zero-order chi connectivity index (χ0) is 20.3. The van der Waals surface area contributed by atoms with Gasteiger partial charge in [0, 0.05) is 17.7 Å². The van der Waals surface area contributed by atoms with E-state index in [1.54, 1.807) is 24.3 Å². The second kappa shape index (κ2) is 8.12. The third-order valence-corrected chi connectivity index (χ3v) is 5.34. The number of nitrogens with one attached hydrogen (secondary N) is 2. The second-order valence-corrected chi connectivity index (χ2v) is 8.11. The summed E-state index contributed by atoms with van der Waals surface area (Å²) in [4.78, 5) is 50.5. The molecule has 0 radical (unpaired) electrons. The Kier molecular flexibility index (Phi) is 5.82. The Hall–Kier alpha value is -2.70. The van der Waals surface area contributed by atoms with Crippen molar-refractivity contribution in [2.24, 2.45) is 5.92 Å². The molecule has 28 heavy (non-hydrogen) atoms. The quantitative estimate of drug-likeness (QED) is 0.581. The van der Waals surface area contributed by atoms with Crippen molar-refractivity contribution in [3.8, 4) is 0 Å². The molecule has 1 aromatic rings. The summed E-state index contributed by atoms with van der Waals surface area (Å²) in [6, 6.07) is 6.02. The van der Waals surface area contributed by atoms with Gasteiger partial charge in [0.1, 0.15) is 5.54 Å². The van der Waals surface area contributed by atoms with E-state index < -0.39 is 11.6 Å². The first-order chi connectivity index (χ1) is 13.3. The van der Waals surface area contributed by atoms with E-state index >= 15 is 0 Å². The Bertz CT molecular complexity index is 779. The summed E-state index contributed by atoms with van der Waals surface area (Å²) in [6.45, 7) is 3.66. The van der Waals surface area contributed by atoms with E-state index in [1.807, 2.05) is 13.8 Å². The van der Waals surface area contributed by atoms with E-state index in [9.17, 15) is 19.2 Å². The van der Waals surface area contributed by atoms with Gasteiger partial charge in [-0.25, -0.2) is 4.79 Å². The van der Waals surface area contributed by atoms with Gasteiger partial charge in [0.2, 0.25) is 5.91 Å². The Labute approximate surface area is 164 Å². The molecule has 0 unspecified atom stereocenters. The lowest BCUT2D eigenvalue weighted by molar-refractivity contribution is -0.132. The molecule has 2 N–H and O–H groups in total. The fourth-order valence-electron chi connectivity index (χ4n) is 3.87. The third kappa shape index (κ3) is 4.24. The maximum absolute atomic E-state index is 12.8. The monoisotopic (exact) mass is 385 g/mol. The number of nitrogens with zero attached hydrogens (tertiary/aromatic N) is 1. The summed E-state index contributed by atoms with van der Waals surface area (Å²) in [6.07, 6.45) is 4.55. The van der Waals surface area contributed by atoms with Crippen molar-refractivity contribution in [2.75, 3.05) is 11.9 Å². The van der Waals surface area contributed by atoms with Crippen LogP contribution in [-0.4, -0.2) is 40.6 Å². The number of carbonyl (C=O) groups is 4. The van der Waals surface area contributed by atoms with Gasteiger partial charge in [0.05, 0.1) is 6.54 Å². The van der Waals surface area contributed by atoms with Crippen LogP contribution in [0.3, 0.4) is 0 Å². The molecule has 7 nitrogen and oxygen atoms in total. The molecule has 1 aromatic carbocycles. The molecule has 1 saturated carbocycles. The van der Waals surface area contributed by atoms with Crippen LogP contribution in [-0.2, 0) is 9.59 Å². The Morgan fingerprint density at radius 1 is 1.11 bits per heavy atom. The summed E-state index contributed by atoms with van der Waals surface area (Å²) >= 11 is 0. The molecule has 1 saturated heterocycles. The number of ketones is 1. The highest BCUT2D eigenvalue weighted by Crippen LogP contribution is 2.33. The van der Waals surface area contributed by atoms with Crippen LogP contribution in [0.2, 0.25) is 0 Å². The van der Waals surface area contributed by atoms with Crippen molar-refractivity contribution in [3.63, 3.8) is 0 Å². The molecule has 2 fully saturated rings. The molecule has 0 bridgehead atoms. The summed E-state index contributed by atoms with van der Waals surface area (Å²) < 4.78 is 0. The molecule has 4 amide bonds. The highest BCUT2D eigenvalue weighted by atomic mass is 16.2. The fourth-order valence-corrected chi connectivity index (χ4v) is 3.87. The average molecular weight is 385 g/mol. The van der Waals surface area contributed by atoms with Crippen LogP contribution in [0.1, 0.15) is 62.7 Å². The minimum Gasteiger partial charge on any atom is -0.326 e. The predicted octanol–water partition coefficient (Wildman–Crippen LogP) is 3.11. The van der Waals surface area contributed by atoms with E-state index in [4.69, 9.17) is 0 Å². The smallest absolute Gasteiger partial charge is 0.325 e. The molecule has 1 aliphatic carbocycles. The number of rotatable bonds is 6. The minimum absolute atomic E-state index is 0.0776. The van der Waals surface area contributed by atoms with E-state index in [-0.39, 0.29) is 30.1 Å². The van der Waals surface area contributed by atoms with E-state index in [2.05, 4.69) is 10.6 Å². The number of amides is 4. The van der Waals surface area contributed by atoms with Gasteiger partial charge in [0.15, 0.2) is 5.78 Å². The lowest BCUT2D eigenvalue weighted by Crippen LogP contribution is -2.48. The third-order valence-electron chi connectivity index (χ3n) is 5.34. The molecule has 2 aliphatic rings. The maximum atomic E-state index is 12.8. The Balaban J connectivity index is 1.62. The molecule has 0 aromatic heterocycles. The lowest BCUT2D eigenvalue weighted by atomic mass is 9.82. The number of imide groups is 1. The van der Waals surface area contributed by atoms with E-state index in [1.165, 1.54) is 0 Å². The normalized spacial score (nSPS) is 18.5. The number of Topliss-reactive ketones (excluding diaryl/α,β-unsaturated/α-hetero) is 1. The largest absolute Gasteiger partial charge is 0.326 e. The van der Waals surface area contributed by atoms with Gasteiger partial charge in [-0.3, -0.25) is 19.3 Å². The first-order valence-electron chi connectivity index (χ1n) is 9.88. The second-order valence-electron chi connectivity index (χ2n) is 8.11. The van der Waals surface area contributed by atoms with Crippen LogP contribution in [0.4, 0.5) is 10.5 Å². The van der Waals surface area contributed by atoms with Crippen LogP contribution < -0.4 is 10.6 Å². The number of anilines is 1. The maximum Gasteiger partial charge on any atom is 0.325 e. The van der Waals surface area contributed by atoms with Crippen LogP contribution in [0, 0.1) is 5.92 Å². The molecular weight excluding hydrogens is 358 g/mol. The van der Waals surface area contributed by atoms with Crippen molar-refractivity contribution in [2.45, 2.75) is 57.9 Å². The zero-order valence-corrected chi connectivity index (χ0v) is 16.4. The molecule has 1 aliphatic heterocycles. The highest BCUT2D eigenvalue weighted by molar-refractivity contribution is 6.11. The molecule has 150 valence electrons. The van der Waals surface area contributed by atoms with Crippen molar-refractivity contribution in [1.29, 1.82) is 0 Å². The Morgan fingerprint density at radius 2 is 1.75 bits per heavy atom. The van der Waals surface area contributed by atoms with Crippen LogP contribution in [0.15, 0.2) is 24.3 Å². The first kappa shape index (κ1) is 20.0. The summed E-state index contributed by atoms with van der Waals surface area (Å²) in [5, 5.41) is 5.60. The standard InChI is InChI=1S/C21H27N3O4/c1-14(2)12-18(26)22-16-8-6-15(7-9-16)17(25)13-24-19(27)21(23-20(24)28)10-4-3-5-11-21/h6-9,14H,3-5,10-13H2,1-2H3,(H,22,26)(H,23,28). The summed E-state index contributed by atoms with van der Waals surface area (Å²) in [7, 11) is 0. The molecule has 0 atom stereocenters. The number of benzene rings is 1. The number of hydrogen-bond acceptors (Lipinski definition) is 4. The molecule has 7 heteroatoms. The average Bonchev–Trinajstić information content (AvgIpc) is 2.86. The number of hydrogen-bond donors (Lipinski definition) is 2. The van der Waals surface area contributed by atoms with Crippen molar-refractivity contribution >= 4 is 29.3 Å². The van der Waals surface area contributed by atoms with E-state index in [0.717, 1.165) is 24.2 Å².